The SMILES string of the molecule is CN1CCN(C(=O)c2cnc(N)nc2C(F)(F)F)CC1c1ccccc1. The van der Waals surface area contributed by atoms with Gasteiger partial charge in [0.05, 0.1) is 11.6 Å². The number of nitrogen functional groups attached to an aromatic ring is 1. The molecule has 138 valence electrons. The third-order valence-electron chi connectivity index (χ3n) is 4.43. The van der Waals surface area contributed by atoms with Crippen molar-refractivity contribution in [2.75, 3.05) is 32.4 Å². The molecule has 1 fully saturated rings. The van der Waals surface area contributed by atoms with E-state index in [0.717, 1.165) is 11.8 Å². The van der Waals surface area contributed by atoms with Gasteiger partial charge < -0.3 is 10.6 Å². The Hall–Kier alpha value is -2.68. The third-order valence-corrected chi connectivity index (χ3v) is 4.43. The third kappa shape index (κ3) is 3.62. The zero-order valence-electron chi connectivity index (χ0n) is 14.1. The van der Waals surface area contributed by atoms with Crippen molar-refractivity contribution in [1.29, 1.82) is 0 Å². The summed E-state index contributed by atoms with van der Waals surface area (Å²) in [7, 11) is 1.92. The highest BCUT2D eigenvalue weighted by Crippen LogP contribution is 2.32. The molecular weight excluding hydrogens is 347 g/mol. The first-order valence-electron chi connectivity index (χ1n) is 8.01. The number of nitrogens with zero attached hydrogens (tertiary/aromatic N) is 4. The fourth-order valence-corrected chi connectivity index (χ4v) is 3.03. The van der Waals surface area contributed by atoms with Crippen LogP contribution in [-0.2, 0) is 6.18 Å². The zero-order chi connectivity index (χ0) is 18.9. The van der Waals surface area contributed by atoms with E-state index in [1.54, 1.807) is 0 Å². The minimum absolute atomic E-state index is 0.0991. The molecule has 0 spiro atoms. The van der Waals surface area contributed by atoms with Crippen LogP contribution >= 0.6 is 0 Å². The summed E-state index contributed by atoms with van der Waals surface area (Å²) < 4.78 is 39.7. The molecule has 0 aliphatic carbocycles. The molecule has 3 rings (SSSR count). The van der Waals surface area contributed by atoms with Crippen LogP contribution in [0.4, 0.5) is 19.1 Å². The fraction of sp³-hybridized carbons (Fsp3) is 0.353. The second kappa shape index (κ2) is 6.91. The number of hydrogen-bond donors (Lipinski definition) is 1. The molecule has 6 nitrogen and oxygen atoms in total. The molecule has 2 N–H and O–H groups in total. The molecule has 1 saturated heterocycles. The van der Waals surface area contributed by atoms with Gasteiger partial charge in [0.2, 0.25) is 5.95 Å². The van der Waals surface area contributed by atoms with Gasteiger partial charge in [-0.3, -0.25) is 9.69 Å². The standard InChI is InChI=1S/C17H18F3N5O/c1-24-7-8-25(10-13(24)11-5-3-2-4-6-11)15(26)12-9-22-16(21)23-14(12)17(18,19)20/h2-6,9,13H,7-8,10H2,1H3,(H2,21,22,23). The Morgan fingerprint density at radius 3 is 2.58 bits per heavy atom. The molecule has 1 amide bonds. The van der Waals surface area contributed by atoms with Crippen molar-refractivity contribution in [3.05, 3.63) is 53.3 Å². The number of anilines is 1. The second-order valence-corrected chi connectivity index (χ2v) is 6.15. The highest BCUT2D eigenvalue weighted by atomic mass is 19.4. The number of nitrogens with two attached hydrogens (primary N) is 1. The summed E-state index contributed by atoms with van der Waals surface area (Å²) in [5, 5.41) is 0. The van der Waals surface area contributed by atoms with Gasteiger partial charge >= 0.3 is 6.18 Å². The lowest BCUT2D eigenvalue weighted by Crippen LogP contribution is -2.49. The summed E-state index contributed by atoms with van der Waals surface area (Å²) in [6, 6.07) is 9.43. The van der Waals surface area contributed by atoms with Crippen molar-refractivity contribution in [2.24, 2.45) is 0 Å². The lowest BCUT2D eigenvalue weighted by molar-refractivity contribution is -0.141. The topological polar surface area (TPSA) is 75.3 Å². The molecule has 1 aromatic heterocycles. The molecule has 1 aliphatic rings. The van der Waals surface area contributed by atoms with E-state index in [1.807, 2.05) is 37.4 Å². The molecule has 9 heteroatoms. The van der Waals surface area contributed by atoms with E-state index < -0.39 is 29.3 Å². The Kier molecular flexibility index (Phi) is 4.82. The van der Waals surface area contributed by atoms with E-state index in [9.17, 15) is 18.0 Å². The first-order chi connectivity index (χ1) is 12.3. The number of aromatic nitrogens is 2. The van der Waals surface area contributed by atoms with Crippen molar-refractivity contribution in [3.8, 4) is 0 Å². The Bertz CT molecular complexity index is 797. The van der Waals surface area contributed by atoms with Crippen molar-refractivity contribution in [2.45, 2.75) is 12.2 Å². The van der Waals surface area contributed by atoms with E-state index >= 15 is 0 Å². The van der Waals surface area contributed by atoms with Crippen LogP contribution < -0.4 is 5.73 Å². The van der Waals surface area contributed by atoms with Crippen molar-refractivity contribution in [1.82, 2.24) is 19.8 Å². The molecule has 1 unspecified atom stereocenters. The molecule has 1 atom stereocenters. The quantitative estimate of drug-likeness (QED) is 0.883. The Labute approximate surface area is 148 Å². The van der Waals surface area contributed by atoms with Crippen LogP contribution in [0.2, 0.25) is 0 Å². The van der Waals surface area contributed by atoms with E-state index in [2.05, 4.69) is 14.9 Å². The van der Waals surface area contributed by atoms with Crippen LogP contribution in [0.5, 0.6) is 0 Å². The summed E-state index contributed by atoms with van der Waals surface area (Å²) in [6.45, 7) is 1.14. The van der Waals surface area contributed by atoms with Gasteiger partial charge in [-0.15, -0.1) is 0 Å². The lowest BCUT2D eigenvalue weighted by Gasteiger charge is -2.39. The Morgan fingerprint density at radius 1 is 1.23 bits per heavy atom. The van der Waals surface area contributed by atoms with E-state index in [1.165, 1.54) is 4.90 Å². The number of likely N-dealkylation sites (N-methyl/N-ethyl adjacent to an activating group) is 1. The monoisotopic (exact) mass is 365 g/mol. The highest BCUT2D eigenvalue weighted by molar-refractivity contribution is 5.95. The average Bonchev–Trinajstić information content (AvgIpc) is 2.61. The van der Waals surface area contributed by atoms with Crippen molar-refractivity contribution < 1.29 is 18.0 Å². The maximum absolute atomic E-state index is 13.2. The molecule has 2 aromatic rings. The molecule has 0 saturated carbocycles. The summed E-state index contributed by atoms with van der Waals surface area (Å²) in [5.74, 6) is -1.26. The summed E-state index contributed by atoms with van der Waals surface area (Å²) in [6.07, 6.45) is -3.93. The first kappa shape index (κ1) is 18.1. The van der Waals surface area contributed by atoms with Crippen LogP contribution in [0.3, 0.4) is 0 Å². The van der Waals surface area contributed by atoms with Crippen LogP contribution in [-0.4, -0.2) is 52.4 Å². The number of halogens is 3. The van der Waals surface area contributed by atoms with Gasteiger partial charge in [0, 0.05) is 25.8 Å². The summed E-state index contributed by atoms with van der Waals surface area (Å²) in [4.78, 5) is 23.0. The number of alkyl halides is 3. The van der Waals surface area contributed by atoms with Gasteiger partial charge in [0.1, 0.15) is 0 Å². The van der Waals surface area contributed by atoms with Gasteiger partial charge in [-0.25, -0.2) is 9.97 Å². The van der Waals surface area contributed by atoms with E-state index in [4.69, 9.17) is 5.73 Å². The smallest absolute Gasteiger partial charge is 0.368 e. The second-order valence-electron chi connectivity index (χ2n) is 6.15. The normalized spacial score (nSPS) is 18.8. The first-order valence-corrected chi connectivity index (χ1v) is 8.01. The maximum Gasteiger partial charge on any atom is 0.434 e. The van der Waals surface area contributed by atoms with Gasteiger partial charge in [-0.05, 0) is 12.6 Å². The lowest BCUT2D eigenvalue weighted by atomic mass is 10.0. The summed E-state index contributed by atoms with van der Waals surface area (Å²) >= 11 is 0. The minimum Gasteiger partial charge on any atom is -0.368 e. The molecular formula is C17H18F3N5O. The molecule has 0 radical (unpaired) electrons. The zero-order valence-corrected chi connectivity index (χ0v) is 14.1. The number of hydrogen-bond acceptors (Lipinski definition) is 5. The minimum atomic E-state index is -4.78. The predicted molar refractivity (Wildman–Crippen MR) is 89.2 cm³/mol. The molecule has 0 bridgehead atoms. The number of carbonyl (C=O) groups excluding carboxylic acids is 1. The van der Waals surface area contributed by atoms with Crippen LogP contribution in [0, 0.1) is 0 Å². The van der Waals surface area contributed by atoms with E-state index in [-0.39, 0.29) is 12.6 Å². The van der Waals surface area contributed by atoms with Gasteiger partial charge in [-0.2, -0.15) is 13.2 Å². The van der Waals surface area contributed by atoms with Gasteiger partial charge in [0.15, 0.2) is 5.69 Å². The number of carbonyl (C=O) groups is 1. The van der Waals surface area contributed by atoms with Crippen molar-refractivity contribution >= 4 is 11.9 Å². The molecule has 26 heavy (non-hydrogen) atoms. The fourth-order valence-electron chi connectivity index (χ4n) is 3.03. The van der Waals surface area contributed by atoms with Crippen LogP contribution in [0.25, 0.3) is 0 Å². The largest absolute Gasteiger partial charge is 0.434 e. The highest BCUT2D eigenvalue weighted by Gasteiger charge is 2.40. The number of amides is 1. The van der Waals surface area contributed by atoms with Crippen molar-refractivity contribution in [3.63, 3.8) is 0 Å². The van der Waals surface area contributed by atoms with Crippen LogP contribution in [0.15, 0.2) is 36.5 Å². The Morgan fingerprint density at radius 2 is 1.92 bits per heavy atom. The summed E-state index contributed by atoms with van der Waals surface area (Å²) in [5.41, 5.74) is 4.38. The average molecular weight is 365 g/mol. The Balaban J connectivity index is 1.89. The molecule has 1 aromatic carbocycles. The van der Waals surface area contributed by atoms with Crippen LogP contribution in [0.1, 0.15) is 27.7 Å². The van der Waals surface area contributed by atoms with Gasteiger partial charge in [-0.1, -0.05) is 30.3 Å². The molecule has 2 heterocycles. The number of benzene rings is 1. The number of rotatable bonds is 2. The maximum atomic E-state index is 13.2. The molecule has 1 aliphatic heterocycles. The van der Waals surface area contributed by atoms with E-state index in [0.29, 0.717) is 13.1 Å². The van der Waals surface area contributed by atoms with Gasteiger partial charge in [0.25, 0.3) is 5.91 Å². The number of piperazine rings is 1. The predicted octanol–water partition coefficient (Wildman–Crippen LogP) is 2.21.